The molecule has 0 aliphatic carbocycles. The van der Waals surface area contributed by atoms with Crippen LogP contribution in [0.5, 0.6) is 0 Å². The molecule has 0 bridgehead atoms. The van der Waals surface area contributed by atoms with Crippen molar-refractivity contribution in [2.75, 3.05) is 112 Å². The minimum atomic E-state index is -1.65. The van der Waals surface area contributed by atoms with Crippen molar-refractivity contribution in [1.29, 1.82) is 0 Å². The Labute approximate surface area is 557 Å². The average molecular weight is 1390 g/mol. The number of hydrogen-bond donors (Lipinski definition) is 20. The van der Waals surface area contributed by atoms with Gasteiger partial charge in [-0.05, 0) is 79.2 Å². The smallest absolute Gasteiger partial charge is 0.237 e. The van der Waals surface area contributed by atoms with Crippen LogP contribution >= 0.6 is 0 Å². The molecule has 0 spiro atoms. The van der Waals surface area contributed by atoms with E-state index < -0.39 is 177 Å². The quantitative estimate of drug-likeness (QED) is 0.0252. The maximum absolute atomic E-state index is 14.3. The first kappa shape index (κ1) is 83.8. The summed E-state index contributed by atoms with van der Waals surface area (Å²) in [5.41, 5.74) is 5.60. The van der Waals surface area contributed by atoms with Crippen LogP contribution in [-0.2, 0) is 71.5 Å². The van der Waals surface area contributed by atoms with Gasteiger partial charge in [-0.15, -0.1) is 0 Å². The molecule has 4 heterocycles. The summed E-state index contributed by atoms with van der Waals surface area (Å²) in [6, 6.07) is -1.28. The molecule has 1 unspecified atom stereocenters. The molecule has 37 nitrogen and oxygen atoms in total. The van der Waals surface area contributed by atoms with E-state index in [-0.39, 0.29) is 117 Å². The van der Waals surface area contributed by atoms with Crippen LogP contribution in [0, 0.1) is 0 Å². The van der Waals surface area contributed by atoms with E-state index in [2.05, 4.69) is 37.2 Å². The van der Waals surface area contributed by atoms with Gasteiger partial charge in [-0.1, -0.05) is 12.8 Å². The highest BCUT2D eigenvalue weighted by atomic mass is 16.7. The summed E-state index contributed by atoms with van der Waals surface area (Å²) >= 11 is 0. The molecule has 4 saturated heterocycles. The Hall–Kier alpha value is -4.63. The predicted octanol–water partition coefficient (Wildman–Crippen LogP) is -9.99. The van der Waals surface area contributed by atoms with Crippen molar-refractivity contribution >= 4 is 41.4 Å². The Balaban J connectivity index is 1.38. The fourth-order valence-electron chi connectivity index (χ4n) is 10.6. The Bertz CT molecular complexity index is 2260. The van der Waals surface area contributed by atoms with Crippen LogP contribution in [0.1, 0.15) is 91.9 Å². The van der Waals surface area contributed by atoms with Crippen molar-refractivity contribution in [3.05, 3.63) is 0 Å². The van der Waals surface area contributed by atoms with E-state index in [0.717, 1.165) is 12.8 Å². The van der Waals surface area contributed by atoms with Gasteiger partial charge in [-0.3, -0.25) is 43.4 Å². The Morgan fingerprint density at radius 3 is 0.990 bits per heavy atom. The van der Waals surface area contributed by atoms with E-state index in [1.807, 2.05) is 0 Å². The van der Waals surface area contributed by atoms with Gasteiger partial charge in [0.15, 0.2) is 25.2 Å². The predicted molar refractivity (Wildman–Crippen MR) is 331 cm³/mol. The molecule has 0 aromatic rings. The number of rotatable bonds is 44. The van der Waals surface area contributed by atoms with Gasteiger partial charge in [0.25, 0.3) is 0 Å². The second-order valence-corrected chi connectivity index (χ2v) is 24.3. The molecule has 21 N–H and O–H groups in total. The van der Waals surface area contributed by atoms with Crippen molar-refractivity contribution in [1.82, 2.24) is 47.0 Å². The summed E-state index contributed by atoms with van der Waals surface area (Å²) in [7, 11) is 0. The van der Waals surface area contributed by atoms with Crippen molar-refractivity contribution in [2.45, 2.75) is 221 Å². The van der Waals surface area contributed by atoms with Gasteiger partial charge in [-0.25, -0.2) is 0 Å². The van der Waals surface area contributed by atoms with Crippen molar-refractivity contribution in [2.24, 2.45) is 5.73 Å². The maximum atomic E-state index is 14.3. The third kappa shape index (κ3) is 28.9. The molecule has 96 heavy (non-hydrogen) atoms. The van der Waals surface area contributed by atoms with Gasteiger partial charge < -0.3 is 142 Å². The standard InChI is InChI=1S/C59H108N10O27/c1-32-43(76)47(80)51(84)56(93-32)89-23-19-64-37(70)14-7-5-10-16-61-38(71)27-68(28-39(72)62-17-11-6-9-15-60)29-40(73)63-18-12-8-13-36(55(88)67-22-26-92-59-54(87)50(83)46(79)35(4)96-59)69(30-41(74)65-20-24-90-57-52(85)48(81)44(77)33(2)94-57)31-42(75)66-21-25-91-58-53(86)49(82)45(78)34(3)95-58/h32-36,43-54,56-59,76-87H,5-31,60H2,1-4H3,(H,61,71)(H,62,72)(H,63,73)(H,64,70)(H,65,74)(H,66,75)(H,67,88)/t32-,33-,34-,35-,36?,43+,44+,45+,46+,47+,48+,49+,50+,51-,52-,53-,54-,56+,57-,58+,59+/m0/s1. The van der Waals surface area contributed by atoms with Crippen molar-refractivity contribution in [3.63, 3.8) is 0 Å². The molecule has 7 amide bonds. The molecule has 4 fully saturated rings. The summed E-state index contributed by atoms with van der Waals surface area (Å²) < 4.78 is 43.9. The maximum Gasteiger partial charge on any atom is 0.237 e. The summed E-state index contributed by atoms with van der Waals surface area (Å²) in [5.74, 6) is -3.90. The molecular formula is C59H108N10O27. The summed E-state index contributed by atoms with van der Waals surface area (Å²) in [4.78, 5) is 96.6. The number of aliphatic hydroxyl groups excluding tert-OH is 12. The fraction of sp³-hybridized carbons (Fsp3) is 0.881. The number of unbranched alkanes of at least 4 members (excludes halogenated alkanes) is 5. The molecule has 4 rings (SSSR count). The first-order valence-electron chi connectivity index (χ1n) is 32.9. The highest BCUT2D eigenvalue weighted by molar-refractivity contribution is 5.86. The zero-order valence-electron chi connectivity index (χ0n) is 55.2. The number of hydrogen-bond acceptors (Lipinski definition) is 30. The summed E-state index contributed by atoms with van der Waals surface area (Å²) in [5, 5.41) is 141. The topological polar surface area (TPSA) is 553 Å². The van der Waals surface area contributed by atoms with Crippen LogP contribution in [0.15, 0.2) is 0 Å². The Morgan fingerprint density at radius 1 is 0.354 bits per heavy atom. The van der Waals surface area contributed by atoms with Crippen LogP contribution in [-0.4, -0.2) is 353 Å². The summed E-state index contributed by atoms with van der Waals surface area (Å²) in [6.07, 6.45) is -22.7. The minimum Gasteiger partial charge on any atom is -0.388 e. The SMILES string of the molecule is C[C@@H]1O[C@@H](OCCNC(=O)CCCCCNC(=O)CN(CC(=O)NCCCCCN)CC(=O)NCCCCC(C(=O)NCCO[C@@H]2O[C@@H](C)[C@@H](O)[C@@H](O)[C@@H]2O)N(CC(=O)NCCO[C@@H]2O[C@@H](C)[C@@H](O)[C@@H](O)[C@@H]2O)CC(=O)NCCO[C@H]2O[C@@H](C)[C@@H](O)[C@@H](O)[C@@H]2O)[C@@H](O)[C@H](O)[C@@H]1O. The van der Waals surface area contributed by atoms with Gasteiger partial charge in [0.1, 0.15) is 73.2 Å². The van der Waals surface area contributed by atoms with E-state index >= 15 is 0 Å². The Morgan fingerprint density at radius 2 is 0.646 bits per heavy atom. The molecule has 0 aromatic heterocycles. The lowest BCUT2D eigenvalue weighted by Crippen LogP contribution is -2.58. The number of nitrogens with zero attached hydrogens (tertiary/aromatic N) is 2. The van der Waals surface area contributed by atoms with Gasteiger partial charge in [0.05, 0.1) is 89.6 Å². The monoisotopic (exact) mass is 1390 g/mol. The van der Waals surface area contributed by atoms with E-state index in [1.54, 1.807) is 0 Å². The average Bonchev–Trinajstić information content (AvgIpc) is 0.887. The Kier molecular flexibility index (Phi) is 38.8. The highest BCUT2D eigenvalue weighted by Crippen LogP contribution is 2.25. The largest absolute Gasteiger partial charge is 0.388 e. The molecule has 556 valence electrons. The summed E-state index contributed by atoms with van der Waals surface area (Å²) in [6.45, 7) is 3.30. The lowest BCUT2D eigenvalue weighted by Gasteiger charge is -2.39. The second-order valence-electron chi connectivity index (χ2n) is 24.3. The van der Waals surface area contributed by atoms with Crippen LogP contribution < -0.4 is 43.0 Å². The zero-order valence-corrected chi connectivity index (χ0v) is 55.2. The van der Waals surface area contributed by atoms with Crippen LogP contribution in [0.4, 0.5) is 0 Å². The molecule has 0 saturated carbocycles. The highest BCUT2D eigenvalue weighted by Gasteiger charge is 2.46. The fourth-order valence-corrected chi connectivity index (χ4v) is 10.6. The number of aliphatic hydroxyl groups is 12. The molecule has 37 heteroatoms. The number of nitrogens with two attached hydrogens (primary N) is 1. The number of carbonyl (C=O) groups is 7. The van der Waals surface area contributed by atoms with Gasteiger partial charge >= 0.3 is 0 Å². The van der Waals surface area contributed by atoms with Gasteiger partial charge in [0.2, 0.25) is 41.4 Å². The van der Waals surface area contributed by atoms with Crippen LogP contribution in [0.2, 0.25) is 0 Å². The molecule has 4 aliphatic heterocycles. The number of amides is 7. The normalized spacial score (nSPS) is 31.1. The van der Waals surface area contributed by atoms with E-state index in [9.17, 15) is 94.8 Å². The lowest BCUT2D eigenvalue weighted by molar-refractivity contribution is -0.292. The molecule has 0 aromatic carbocycles. The number of ether oxygens (including phenoxy) is 8. The van der Waals surface area contributed by atoms with E-state index in [4.69, 9.17) is 43.6 Å². The molecule has 4 aliphatic rings. The van der Waals surface area contributed by atoms with E-state index in [1.165, 1.54) is 37.5 Å². The minimum absolute atomic E-state index is 0.0157. The number of carbonyl (C=O) groups excluding carboxylic acids is 7. The third-order valence-electron chi connectivity index (χ3n) is 16.4. The lowest BCUT2D eigenvalue weighted by atomic mass is 10.0. The number of nitrogens with one attached hydrogen (secondary N) is 7. The molecule has 21 atom stereocenters. The van der Waals surface area contributed by atoms with E-state index in [0.29, 0.717) is 38.8 Å². The second kappa shape index (κ2) is 44.5. The van der Waals surface area contributed by atoms with Crippen molar-refractivity contribution in [3.8, 4) is 0 Å². The molecule has 0 radical (unpaired) electrons. The third-order valence-corrected chi connectivity index (χ3v) is 16.4. The van der Waals surface area contributed by atoms with Crippen LogP contribution in [0.25, 0.3) is 0 Å². The van der Waals surface area contributed by atoms with Crippen molar-refractivity contribution < 1.29 is 133 Å². The molecular weight excluding hydrogens is 1280 g/mol. The van der Waals surface area contributed by atoms with Gasteiger partial charge in [-0.2, -0.15) is 0 Å². The first-order valence-corrected chi connectivity index (χ1v) is 32.9. The first-order chi connectivity index (χ1) is 45.6. The zero-order chi connectivity index (χ0) is 71.0. The van der Waals surface area contributed by atoms with Crippen LogP contribution in [0.3, 0.4) is 0 Å². The van der Waals surface area contributed by atoms with Gasteiger partial charge in [0, 0.05) is 52.2 Å².